The molecule has 2 aromatic carbocycles. The number of nitrogens with zero attached hydrogens (tertiary/aromatic N) is 2. The topological polar surface area (TPSA) is 99.0 Å². The highest BCUT2D eigenvalue weighted by Crippen LogP contribution is 2.28. The molecule has 1 aliphatic heterocycles. The zero-order valence-electron chi connectivity index (χ0n) is 18.2. The van der Waals surface area contributed by atoms with E-state index in [2.05, 4.69) is 0 Å². The van der Waals surface area contributed by atoms with Gasteiger partial charge in [-0.25, -0.2) is 4.79 Å². The van der Waals surface area contributed by atoms with Crippen LogP contribution in [0.5, 0.6) is 0 Å². The fourth-order valence-corrected chi connectivity index (χ4v) is 4.09. The Hall–Kier alpha value is -3.26. The van der Waals surface area contributed by atoms with E-state index in [9.17, 15) is 19.7 Å². The van der Waals surface area contributed by atoms with Gasteiger partial charge in [0.1, 0.15) is 6.61 Å². The van der Waals surface area contributed by atoms with Gasteiger partial charge in [0.25, 0.3) is 5.69 Å². The van der Waals surface area contributed by atoms with Gasteiger partial charge in [0.2, 0.25) is 0 Å². The lowest BCUT2D eigenvalue weighted by atomic mass is 9.92. The number of benzene rings is 2. The molecule has 0 radical (unpaired) electrons. The molecule has 0 bridgehead atoms. The predicted octanol–water partition coefficient (Wildman–Crippen LogP) is 3.92. The third-order valence-electron chi connectivity index (χ3n) is 5.59. The lowest BCUT2D eigenvalue weighted by Gasteiger charge is -2.30. The second-order valence-corrected chi connectivity index (χ2v) is 7.68. The second kappa shape index (κ2) is 9.26. The Morgan fingerprint density at radius 1 is 1.13 bits per heavy atom. The number of esters is 1. The zero-order chi connectivity index (χ0) is 22.7. The molecule has 1 saturated heterocycles. The van der Waals surface area contributed by atoms with Gasteiger partial charge in [0.15, 0.2) is 5.78 Å². The van der Waals surface area contributed by atoms with Gasteiger partial charge >= 0.3 is 5.97 Å². The minimum Gasteiger partial charge on any atom is -0.457 e. The summed E-state index contributed by atoms with van der Waals surface area (Å²) in [6, 6.07) is 6.12. The van der Waals surface area contributed by atoms with Crippen LogP contribution < -0.4 is 4.90 Å². The zero-order valence-corrected chi connectivity index (χ0v) is 18.2. The number of nitro benzene ring substituents is 1. The Balaban J connectivity index is 1.91. The molecule has 0 unspecified atom stereocenters. The lowest BCUT2D eigenvalue weighted by molar-refractivity contribution is -0.384. The summed E-state index contributed by atoms with van der Waals surface area (Å²) < 4.78 is 10.9. The molecule has 8 heteroatoms. The van der Waals surface area contributed by atoms with Crippen molar-refractivity contribution in [3.8, 4) is 0 Å². The summed E-state index contributed by atoms with van der Waals surface area (Å²) in [7, 11) is 0. The minimum atomic E-state index is -0.644. The summed E-state index contributed by atoms with van der Waals surface area (Å²) >= 11 is 0. The van der Waals surface area contributed by atoms with Crippen molar-refractivity contribution in [3.05, 3.63) is 67.8 Å². The summed E-state index contributed by atoms with van der Waals surface area (Å²) in [6.07, 6.45) is 0. The van der Waals surface area contributed by atoms with E-state index in [1.54, 1.807) is 6.07 Å². The lowest BCUT2D eigenvalue weighted by Crippen LogP contribution is -2.37. The maximum absolute atomic E-state index is 13.0. The van der Waals surface area contributed by atoms with Crippen molar-refractivity contribution in [2.45, 2.75) is 34.3 Å². The van der Waals surface area contributed by atoms with Crippen LogP contribution >= 0.6 is 0 Å². The highest BCUT2D eigenvalue weighted by Gasteiger charge is 2.24. The van der Waals surface area contributed by atoms with Crippen LogP contribution in [0.1, 0.15) is 49.9 Å². The first-order chi connectivity index (χ1) is 14.7. The number of hydrogen-bond donors (Lipinski definition) is 0. The van der Waals surface area contributed by atoms with Crippen LogP contribution in [0.3, 0.4) is 0 Å². The number of ketones is 1. The Kier molecular flexibility index (Phi) is 6.70. The molecule has 1 heterocycles. The molecule has 0 atom stereocenters. The standard InChI is InChI=1S/C23H26N2O6/c1-14-11-15(2)22(17(4)26)16(3)20(14)13-31-23(27)19-12-18(25(28)29)5-6-21(19)24-7-9-30-10-8-24/h5-6,11-12H,7-10,13H2,1-4H3. The number of ether oxygens (including phenoxy) is 2. The smallest absolute Gasteiger partial charge is 0.340 e. The predicted molar refractivity (Wildman–Crippen MR) is 116 cm³/mol. The van der Waals surface area contributed by atoms with Crippen LogP contribution in [0.4, 0.5) is 11.4 Å². The Bertz CT molecular complexity index is 1040. The average molecular weight is 426 g/mol. The Morgan fingerprint density at radius 3 is 2.42 bits per heavy atom. The molecule has 0 aromatic heterocycles. The monoisotopic (exact) mass is 426 g/mol. The van der Waals surface area contributed by atoms with Crippen LogP contribution in [-0.2, 0) is 16.1 Å². The summed E-state index contributed by atoms with van der Waals surface area (Å²) in [5, 5.41) is 11.3. The van der Waals surface area contributed by atoms with E-state index in [1.807, 2.05) is 31.7 Å². The molecule has 0 N–H and O–H groups in total. The summed E-state index contributed by atoms with van der Waals surface area (Å²) in [5.74, 6) is -0.690. The van der Waals surface area contributed by atoms with Crippen molar-refractivity contribution in [2.24, 2.45) is 0 Å². The average Bonchev–Trinajstić information content (AvgIpc) is 2.73. The van der Waals surface area contributed by atoms with E-state index in [0.717, 1.165) is 22.3 Å². The molecular formula is C23H26N2O6. The number of Topliss-reactive ketones (excluding diaryl/α,β-unsaturated/α-hetero) is 1. The number of nitro groups is 1. The van der Waals surface area contributed by atoms with Crippen molar-refractivity contribution in [2.75, 3.05) is 31.2 Å². The fraction of sp³-hybridized carbons (Fsp3) is 0.391. The van der Waals surface area contributed by atoms with Gasteiger partial charge in [-0.05, 0) is 56.0 Å². The Labute approximate surface area is 180 Å². The maximum Gasteiger partial charge on any atom is 0.340 e. The van der Waals surface area contributed by atoms with E-state index in [4.69, 9.17) is 9.47 Å². The first kappa shape index (κ1) is 22.4. The molecule has 0 spiro atoms. The first-order valence-electron chi connectivity index (χ1n) is 10.1. The molecule has 0 amide bonds. The van der Waals surface area contributed by atoms with Crippen LogP contribution in [-0.4, -0.2) is 43.0 Å². The molecule has 0 saturated carbocycles. The molecule has 3 rings (SSSR count). The number of hydrogen-bond acceptors (Lipinski definition) is 7. The quantitative estimate of drug-likeness (QED) is 0.299. The number of carbonyl (C=O) groups excluding carboxylic acids is 2. The maximum atomic E-state index is 13.0. The number of non-ortho nitro benzene ring substituents is 1. The van der Waals surface area contributed by atoms with Gasteiger partial charge in [-0.1, -0.05) is 6.07 Å². The third-order valence-corrected chi connectivity index (χ3v) is 5.59. The molecule has 164 valence electrons. The highest BCUT2D eigenvalue weighted by molar-refractivity contribution is 5.98. The molecular weight excluding hydrogens is 400 g/mol. The van der Waals surface area contributed by atoms with Gasteiger partial charge in [0, 0.05) is 30.8 Å². The van der Waals surface area contributed by atoms with Crippen molar-refractivity contribution < 1.29 is 24.0 Å². The summed E-state index contributed by atoms with van der Waals surface area (Å²) in [5.41, 5.74) is 4.52. The summed E-state index contributed by atoms with van der Waals surface area (Å²) in [4.78, 5) is 37.7. The minimum absolute atomic E-state index is 0.0255. The number of morpholine rings is 1. The van der Waals surface area contributed by atoms with Crippen LogP contribution in [0, 0.1) is 30.9 Å². The van der Waals surface area contributed by atoms with E-state index in [-0.39, 0.29) is 23.6 Å². The van der Waals surface area contributed by atoms with Gasteiger partial charge in [-0.15, -0.1) is 0 Å². The third kappa shape index (κ3) is 4.74. The first-order valence-corrected chi connectivity index (χ1v) is 10.1. The van der Waals surface area contributed by atoms with Crippen LogP contribution in [0.25, 0.3) is 0 Å². The van der Waals surface area contributed by atoms with E-state index >= 15 is 0 Å². The van der Waals surface area contributed by atoms with Crippen LogP contribution in [0.2, 0.25) is 0 Å². The molecule has 2 aromatic rings. The molecule has 31 heavy (non-hydrogen) atoms. The van der Waals surface area contributed by atoms with Gasteiger partial charge < -0.3 is 14.4 Å². The van der Waals surface area contributed by atoms with Gasteiger partial charge in [-0.2, -0.15) is 0 Å². The van der Waals surface area contributed by atoms with Crippen molar-refractivity contribution in [1.82, 2.24) is 0 Å². The molecule has 1 fully saturated rings. The van der Waals surface area contributed by atoms with Crippen molar-refractivity contribution >= 4 is 23.1 Å². The SMILES string of the molecule is CC(=O)c1c(C)cc(C)c(COC(=O)c2cc([N+](=O)[O-])ccc2N2CCOCC2)c1C. The molecule has 0 aliphatic carbocycles. The molecule has 1 aliphatic rings. The number of rotatable bonds is 6. The molecule has 8 nitrogen and oxygen atoms in total. The fourth-order valence-electron chi connectivity index (χ4n) is 4.09. The summed E-state index contributed by atoms with van der Waals surface area (Å²) in [6.45, 7) is 9.30. The van der Waals surface area contributed by atoms with Crippen molar-refractivity contribution in [3.63, 3.8) is 0 Å². The number of carbonyl (C=O) groups is 2. The van der Waals surface area contributed by atoms with Crippen molar-refractivity contribution in [1.29, 1.82) is 0 Å². The number of anilines is 1. The normalized spacial score (nSPS) is 13.7. The van der Waals surface area contributed by atoms with Gasteiger partial charge in [-0.3, -0.25) is 14.9 Å². The highest BCUT2D eigenvalue weighted by atomic mass is 16.6. The van der Waals surface area contributed by atoms with E-state index in [0.29, 0.717) is 37.6 Å². The van der Waals surface area contributed by atoms with E-state index in [1.165, 1.54) is 19.1 Å². The van der Waals surface area contributed by atoms with Crippen LogP contribution in [0.15, 0.2) is 24.3 Å². The van der Waals surface area contributed by atoms with Gasteiger partial charge in [0.05, 0.1) is 29.4 Å². The second-order valence-electron chi connectivity index (χ2n) is 7.68. The Morgan fingerprint density at radius 2 is 1.81 bits per heavy atom. The largest absolute Gasteiger partial charge is 0.457 e. The van der Waals surface area contributed by atoms with E-state index < -0.39 is 10.9 Å². The number of aryl methyl sites for hydroxylation is 2.